The van der Waals surface area contributed by atoms with E-state index in [1.807, 2.05) is 30.3 Å². The summed E-state index contributed by atoms with van der Waals surface area (Å²) in [6.07, 6.45) is 3.94. The van der Waals surface area contributed by atoms with Gasteiger partial charge in [-0.15, -0.1) is 11.3 Å². The van der Waals surface area contributed by atoms with Crippen molar-refractivity contribution in [2.75, 3.05) is 18.4 Å². The number of anilines is 1. The summed E-state index contributed by atoms with van der Waals surface area (Å²) in [4.78, 5) is 21.4. The highest BCUT2D eigenvalue weighted by Gasteiger charge is 2.18. The number of nitrogens with one attached hydrogen (secondary N) is 2. The average Bonchev–Trinajstić information content (AvgIpc) is 3.10. The first-order valence-corrected chi connectivity index (χ1v) is 9.00. The molecule has 24 heavy (non-hydrogen) atoms. The first kappa shape index (κ1) is 15.2. The van der Waals surface area contributed by atoms with Crippen LogP contribution in [0, 0.1) is 0 Å². The van der Waals surface area contributed by atoms with Crippen molar-refractivity contribution in [3.05, 3.63) is 53.2 Å². The molecule has 1 aliphatic heterocycles. The Morgan fingerprint density at radius 2 is 2.12 bits per heavy atom. The van der Waals surface area contributed by atoms with Crippen molar-refractivity contribution >= 4 is 33.3 Å². The molecule has 122 valence electrons. The molecule has 0 unspecified atom stereocenters. The number of nitrogens with zero attached hydrogens (tertiary/aromatic N) is 2. The number of benzene rings is 1. The zero-order valence-corrected chi connectivity index (χ0v) is 14.0. The van der Waals surface area contributed by atoms with Gasteiger partial charge in [0.1, 0.15) is 0 Å². The molecule has 3 aromatic rings. The molecule has 4 rings (SSSR count). The SMILES string of the molecule is O=C(Nc1nc(C2CCNCC2)cs1)c1ccc2cccnc2c1. The normalized spacial score (nSPS) is 15.5. The van der Waals surface area contributed by atoms with Gasteiger partial charge < -0.3 is 5.32 Å². The number of pyridine rings is 1. The summed E-state index contributed by atoms with van der Waals surface area (Å²) in [5.41, 5.74) is 2.51. The van der Waals surface area contributed by atoms with Gasteiger partial charge in [0.15, 0.2) is 5.13 Å². The molecule has 0 saturated carbocycles. The topological polar surface area (TPSA) is 66.9 Å². The van der Waals surface area contributed by atoms with E-state index in [0.29, 0.717) is 16.6 Å². The van der Waals surface area contributed by atoms with Gasteiger partial charge in [-0.1, -0.05) is 12.1 Å². The van der Waals surface area contributed by atoms with Gasteiger partial charge in [0, 0.05) is 28.4 Å². The summed E-state index contributed by atoms with van der Waals surface area (Å²) in [7, 11) is 0. The Morgan fingerprint density at radius 1 is 1.25 bits per heavy atom. The van der Waals surface area contributed by atoms with E-state index < -0.39 is 0 Å². The Hall–Kier alpha value is -2.31. The van der Waals surface area contributed by atoms with Crippen molar-refractivity contribution in [1.82, 2.24) is 15.3 Å². The molecular weight excluding hydrogens is 320 g/mol. The summed E-state index contributed by atoms with van der Waals surface area (Å²) < 4.78 is 0. The predicted molar refractivity (Wildman–Crippen MR) is 96.7 cm³/mol. The molecule has 1 aromatic carbocycles. The molecule has 2 aromatic heterocycles. The second kappa shape index (κ2) is 6.67. The van der Waals surface area contributed by atoms with Crippen molar-refractivity contribution in [2.24, 2.45) is 0 Å². The van der Waals surface area contributed by atoms with Gasteiger partial charge >= 0.3 is 0 Å². The van der Waals surface area contributed by atoms with Crippen LogP contribution in [-0.4, -0.2) is 29.0 Å². The molecule has 6 heteroatoms. The third-order valence-electron chi connectivity index (χ3n) is 4.37. The fraction of sp³-hybridized carbons (Fsp3) is 0.278. The van der Waals surface area contributed by atoms with Crippen LogP contribution in [0.2, 0.25) is 0 Å². The monoisotopic (exact) mass is 338 g/mol. The summed E-state index contributed by atoms with van der Waals surface area (Å²) in [6, 6.07) is 9.42. The van der Waals surface area contributed by atoms with Gasteiger partial charge in [0.05, 0.1) is 11.2 Å². The zero-order valence-electron chi connectivity index (χ0n) is 13.2. The number of hydrogen-bond donors (Lipinski definition) is 2. The Morgan fingerprint density at radius 3 is 3.00 bits per heavy atom. The molecule has 0 aliphatic carbocycles. The zero-order chi connectivity index (χ0) is 16.4. The third kappa shape index (κ3) is 3.16. The van der Waals surface area contributed by atoms with E-state index in [4.69, 9.17) is 0 Å². The van der Waals surface area contributed by atoms with Crippen LogP contribution in [0.25, 0.3) is 10.9 Å². The highest BCUT2D eigenvalue weighted by Crippen LogP contribution is 2.28. The minimum atomic E-state index is -0.145. The second-order valence-corrected chi connectivity index (χ2v) is 6.82. The molecule has 1 fully saturated rings. The van der Waals surface area contributed by atoms with Crippen molar-refractivity contribution in [2.45, 2.75) is 18.8 Å². The first-order valence-electron chi connectivity index (χ1n) is 8.12. The van der Waals surface area contributed by atoms with Crippen LogP contribution in [-0.2, 0) is 0 Å². The number of fused-ring (bicyclic) bond motifs is 1. The molecular formula is C18H18N4OS. The number of amides is 1. The lowest BCUT2D eigenvalue weighted by atomic mass is 9.96. The van der Waals surface area contributed by atoms with Crippen LogP contribution in [0.4, 0.5) is 5.13 Å². The van der Waals surface area contributed by atoms with E-state index in [0.717, 1.165) is 42.5 Å². The van der Waals surface area contributed by atoms with Gasteiger partial charge in [-0.2, -0.15) is 0 Å². The Balaban J connectivity index is 1.49. The maximum atomic E-state index is 12.5. The minimum Gasteiger partial charge on any atom is -0.317 e. The lowest BCUT2D eigenvalue weighted by Gasteiger charge is -2.20. The fourth-order valence-corrected chi connectivity index (χ4v) is 3.81. The number of hydrogen-bond acceptors (Lipinski definition) is 5. The first-order chi connectivity index (χ1) is 11.8. The lowest BCUT2D eigenvalue weighted by molar-refractivity contribution is 0.102. The van der Waals surface area contributed by atoms with E-state index in [1.165, 1.54) is 11.3 Å². The van der Waals surface area contributed by atoms with Gasteiger partial charge in [-0.3, -0.25) is 15.1 Å². The van der Waals surface area contributed by atoms with Gasteiger partial charge in [0.25, 0.3) is 5.91 Å². The van der Waals surface area contributed by atoms with E-state index in [9.17, 15) is 4.79 Å². The maximum absolute atomic E-state index is 12.5. The van der Waals surface area contributed by atoms with Crippen molar-refractivity contribution in [3.8, 4) is 0 Å². The summed E-state index contributed by atoms with van der Waals surface area (Å²) in [6.45, 7) is 2.07. The van der Waals surface area contributed by atoms with Crippen LogP contribution < -0.4 is 10.6 Å². The summed E-state index contributed by atoms with van der Waals surface area (Å²) in [5.74, 6) is 0.354. The van der Waals surface area contributed by atoms with Crippen LogP contribution in [0.15, 0.2) is 41.9 Å². The van der Waals surface area contributed by atoms with Gasteiger partial charge in [-0.25, -0.2) is 4.98 Å². The number of piperidine rings is 1. The standard InChI is InChI=1S/C18H18N4OS/c23-17(14-4-3-12-2-1-7-20-15(12)10-14)22-18-21-16(11-24-18)13-5-8-19-9-6-13/h1-4,7,10-11,13,19H,5-6,8-9H2,(H,21,22,23). The number of aromatic nitrogens is 2. The molecule has 3 heterocycles. The molecule has 0 bridgehead atoms. The largest absolute Gasteiger partial charge is 0.317 e. The summed E-state index contributed by atoms with van der Waals surface area (Å²) >= 11 is 1.49. The number of carbonyl (C=O) groups is 1. The molecule has 2 N–H and O–H groups in total. The van der Waals surface area contributed by atoms with Crippen molar-refractivity contribution < 1.29 is 4.79 Å². The highest BCUT2D eigenvalue weighted by atomic mass is 32.1. The van der Waals surface area contributed by atoms with Gasteiger partial charge in [-0.05, 0) is 44.1 Å². The van der Waals surface area contributed by atoms with Crippen LogP contribution in [0.3, 0.4) is 0 Å². The Labute approximate surface area is 144 Å². The molecule has 0 spiro atoms. The summed E-state index contributed by atoms with van der Waals surface area (Å²) in [5, 5.41) is 10.0. The van der Waals surface area contributed by atoms with Crippen LogP contribution in [0.5, 0.6) is 0 Å². The molecule has 0 radical (unpaired) electrons. The number of carbonyl (C=O) groups excluding carboxylic acids is 1. The third-order valence-corrected chi connectivity index (χ3v) is 5.14. The second-order valence-electron chi connectivity index (χ2n) is 5.97. The van der Waals surface area contributed by atoms with Gasteiger partial charge in [0.2, 0.25) is 0 Å². The van der Waals surface area contributed by atoms with E-state index in [-0.39, 0.29) is 5.91 Å². The predicted octanol–water partition coefficient (Wildman–Crippen LogP) is 3.41. The highest BCUT2D eigenvalue weighted by molar-refractivity contribution is 7.14. The molecule has 0 atom stereocenters. The fourth-order valence-electron chi connectivity index (χ4n) is 3.03. The number of thiazole rings is 1. The molecule has 1 amide bonds. The maximum Gasteiger partial charge on any atom is 0.257 e. The van der Waals surface area contributed by atoms with Crippen LogP contribution >= 0.6 is 11.3 Å². The Bertz CT molecular complexity index is 870. The average molecular weight is 338 g/mol. The quantitative estimate of drug-likeness (QED) is 0.768. The van der Waals surface area contributed by atoms with E-state index >= 15 is 0 Å². The minimum absolute atomic E-state index is 0.145. The Kier molecular flexibility index (Phi) is 4.23. The molecule has 5 nitrogen and oxygen atoms in total. The number of rotatable bonds is 3. The van der Waals surface area contributed by atoms with E-state index in [2.05, 4.69) is 26.0 Å². The molecule has 1 aliphatic rings. The van der Waals surface area contributed by atoms with E-state index in [1.54, 1.807) is 6.20 Å². The van der Waals surface area contributed by atoms with Crippen molar-refractivity contribution in [1.29, 1.82) is 0 Å². The smallest absolute Gasteiger partial charge is 0.257 e. The van der Waals surface area contributed by atoms with Crippen LogP contribution in [0.1, 0.15) is 34.8 Å². The lowest BCUT2D eigenvalue weighted by Crippen LogP contribution is -2.26. The van der Waals surface area contributed by atoms with Crippen molar-refractivity contribution in [3.63, 3.8) is 0 Å². The molecule has 1 saturated heterocycles.